The van der Waals surface area contributed by atoms with Crippen molar-refractivity contribution in [1.29, 1.82) is 0 Å². The van der Waals surface area contributed by atoms with E-state index in [1.165, 1.54) is 11.3 Å². The summed E-state index contributed by atoms with van der Waals surface area (Å²) in [7, 11) is 0. The summed E-state index contributed by atoms with van der Waals surface area (Å²) in [6.45, 7) is 11.2. The summed E-state index contributed by atoms with van der Waals surface area (Å²) in [5, 5.41) is 0. The zero-order chi connectivity index (χ0) is 9.35. The van der Waals surface area contributed by atoms with Gasteiger partial charge < -0.3 is 0 Å². The maximum absolute atomic E-state index is 4.46. The molecular weight excluding hydrogens is 146 g/mol. The van der Waals surface area contributed by atoms with E-state index in [-0.39, 0.29) is 5.41 Å². The van der Waals surface area contributed by atoms with Crippen LogP contribution in [0.4, 0.5) is 0 Å². The molecule has 0 fully saturated rings. The van der Waals surface area contributed by atoms with Crippen molar-refractivity contribution in [3.05, 3.63) is 11.3 Å². The highest BCUT2D eigenvalue weighted by molar-refractivity contribution is 5.68. The van der Waals surface area contributed by atoms with Gasteiger partial charge in [0.15, 0.2) is 0 Å². The molecule has 0 saturated carbocycles. The summed E-state index contributed by atoms with van der Waals surface area (Å²) in [5.74, 6) is 0.640. The Labute approximate surface area is 75.6 Å². The first-order valence-corrected chi connectivity index (χ1v) is 4.69. The Hall–Kier alpha value is -0.590. The molecule has 68 valence electrons. The number of aliphatic imine (C=N–C) groups is 1. The Kier molecular flexibility index (Phi) is 2.41. The third kappa shape index (κ3) is 1.77. The first kappa shape index (κ1) is 9.50. The van der Waals surface area contributed by atoms with E-state index >= 15 is 0 Å². The fourth-order valence-corrected chi connectivity index (χ4v) is 1.60. The van der Waals surface area contributed by atoms with Crippen molar-refractivity contribution in [2.45, 2.75) is 41.0 Å². The molecule has 1 heterocycles. The molecule has 0 bridgehead atoms. The van der Waals surface area contributed by atoms with Crippen molar-refractivity contribution in [2.24, 2.45) is 16.3 Å². The molecule has 1 rings (SSSR count). The Bertz CT molecular complexity index is 226. The van der Waals surface area contributed by atoms with E-state index in [0.29, 0.717) is 5.92 Å². The monoisotopic (exact) mass is 165 g/mol. The number of allylic oxidation sites excluding steroid dienone is 2. The minimum Gasteiger partial charge on any atom is -0.265 e. The smallest absolute Gasteiger partial charge is 0.0451 e. The molecule has 0 radical (unpaired) electrons. The van der Waals surface area contributed by atoms with E-state index in [1.54, 1.807) is 0 Å². The highest BCUT2D eigenvalue weighted by atomic mass is 14.8. The molecule has 12 heavy (non-hydrogen) atoms. The molecule has 0 aromatic heterocycles. The first-order valence-electron chi connectivity index (χ1n) is 4.69. The van der Waals surface area contributed by atoms with Crippen molar-refractivity contribution >= 4 is 6.21 Å². The highest BCUT2D eigenvalue weighted by Gasteiger charge is 2.24. The van der Waals surface area contributed by atoms with Gasteiger partial charge in [-0.05, 0) is 11.5 Å². The minimum atomic E-state index is 0.215. The summed E-state index contributed by atoms with van der Waals surface area (Å²) >= 11 is 0. The van der Waals surface area contributed by atoms with Crippen LogP contribution in [-0.2, 0) is 0 Å². The Morgan fingerprint density at radius 1 is 1.33 bits per heavy atom. The van der Waals surface area contributed by atoms with E-state index in [1.807, 2.05) is 6.21 Å². The molecule has 0 N–H and O–H groups in total. The molecule has 1 aliphatic heterocycles. The van der Waals surface area contributed by atoms with E-state index < -0.39 is 0 Å². The molecule has 0 aromatic rings. The quantitative estimate of drug-likeness (QED) is 0.564. The van der Waals surface area contributed by atoms with Crippen molar-refractivity contribution in [2.75, 3.05) is 0 Å². The second-order valence-electron chi connectivity index (χ2n) is 4.79. The van der Waals surface area contributed by atoms with Gasteiger partial charge in [-0.2, -0.15) is 0 Å². The van der Waals surface area contributed by atoms with Crippen molar-refractivity contribution in [3.8, 4) is 0 Å². The number of rotatable bonds is 1. The molecule has 0 aromatic carbocycles. The number of nitrogens with zero attached hydrogens (tertiary/aromatic N) is 1. The van der Waals surface area contributed by atoms with Gasteiger partial charge in [0, 0.05) is 23.7 Å². The van der Waals surface area contributed by atoms with Gasteiger partial charge in [-0.25, -0.2) is 0 Å². The lowest BCUT2D eigenvalue weighted by atomic mass is 9.86. The normalized spacial score (nSPS) is 18.2. The lowest BCUT2D eigenvalue weighted by Gasteiger charge is -2.21. The van der Waals surface area contributed by atoms with E-state index in [9.17, 15) is 0 Å². The van der Waals surface area contributed by atoms with E-state index in [2.05, 4.69) is 39.6 Å². The van der Waals surface area contributed by atoms with Gasteiger partial charge in [0.1, 0.15) is 0 Å². The van der Waals surface area contributed by atoms with Crippen molar-refractivity contribution in [3.63, 3.8) is 0 Å². The summed E-state index contributed by atoms with van der Waals surface area (Å²) in [6.07, 6.45) is 3.10. The fourth-order valence-electron chi connectivity index (χ4n) is 1.60. The van der Waals surface area contributed by atoms with Crippen LogP contribution >= 0.6 is 0 Å². The standard InChI is InChI=1S/C11H19N/c1-8(2)9-6-7-12-10(9)11(3,4)5/h7-8H,6H2,1-5H3. The lowest BCUT2D eigenvalue weighted by Crippen LogP contribution is -2.10. The third-order valence-corrected chi connectivity index (χ3v) is 2.24. The molecule has 1 heteroatoms. The van der Waals surface area contributed by atoms with Crippen LogP contribution < -0.4 is 0 Å². The van der Waals surface area contributed by atoms with Gasteiger partial charge in [0.05, 0.1) is 0 Å². The predicted molar refractivity (Wildman–Crippen MR) is 54.4 cm³/mol. The van der Waals surface area contributed by atoms with Crippen molar-refractivity contribution < 1.29 is 0 Å². The van der Waals surface area contributed by atoms with Crippen LogP contribution in [0.3, 0.4) is 0 Å². The number of hydrogen-bond donors (Lipinski definition) is 0. The molecule has 1 aliphatic rings. The summed E-state index contributed by atoms with van der Waals surface area (Å²) in [5.41, 5.74) is 3.03. The molecule has 0 unspecified atom stereocenters. The average molecular weight is 165 g/mol. The molecule has 0 saturated heterocycles. The molecular formula is C11H19N. The first-order chi connectivity index (χ1) is 5.43. The summed E-state index contributed by atoms with van der Waals surface area (Å²) in [6, 6.07) is 0. The minimum absolute atomic E-state index is 0.215. The summed E-state index contributed by atoms with van der Waals surface area (Å²) in [4.78, 5) is 4.46. The van der Waals surface area contributed by atoms with Crippen LogP contribution in [0.1, 0.15) is 41.0 Å². The lowest BCUT2D eigenvalue weighted by molar-refractivity contribution is 0.487. The van der Waals surface area contributed by atoms with E-state index in [0.717, 1.165) is 6.42 Å². The van der Waals surface area contributed by atoms with Crippen LogP contribution in [0.2, 0.25) is 0 Å². The number of hydrogen-bond acceptors (Lipinski definition) is 1. The molecule has 0 atom stereocenters. The van der Waals surface area contributed by atoms with E-state index in [4.69, 9.17) is 0 Å². The topological polar surface area (TPSA) is 12.4 Å². The van der Waals surface area contributed by atoms with Crippen LogP contribution in [-0.4, -0.2) is 6.21 Å². The van der Waals surface area contributed by atoms with Crippen LogP contribution in [0.15, 0.2) is 16.3 Å². The largest absolute Gasteiger partial charge is 0.265 e. The Morgan fingerprint density at radius 3 is 2.25 bits per heavy atom. The molecule has 0 amide bonds. The highest BCUT2D eigenvalue weighted by Crippen LogP contribution is 2.35. The molecule has 1 nitrogen and oxygen atoms in total. The zero-order valence-corrected chi connectivity index (χ0v) is 8.81. The SMILES string of the molecule is CC(C)C1=C(C(C)(C)C)N=CC1. The summed E-state index contributed by atoms with van der Waals surface area (Å²) < 4.78 is 0. The molecule has 0 spiro atoms. The van der Waals surface area contributed by atoms with Gasteiger partial charge in [-0.15, -0.1) is 0 Å². The second kappa shape index (κ2) is 3.04. The second-order valence-corrected chi connectivity index (χ2v) is 4.79. The maximum Gasteiger partial charge on any atom is 0.0451 e. The Morgan fingerprint density at radius 2 is 1.92 bits per heavy atom. The Balaban J connectivity index is 2.98. The molecule has 0 aliphatic carbocycles. The van der Waals surface area contributed by atoms with Gasteiger partial charge >= 0.3 is 0 Å². The van der Waals surface area contributed by atoms with Crippen LogP contribution in [0.25, 0.3) is 0 Å². The zero-order valence-electron chi connectivity index (χ0n) is 8.81. The predicted octanol–water partition coefficient (Wildman–Crippen LogP) is 3.42. The van der Waals surface area contributed by atoms with Crippen LogP contribution in [0.5, 0.6) is 0 Å². The van der Waals surface area contributed by atoms with Gasteiger partial charge in [0.2, 0.25) is 0 Å². The third-order valence-electron chi connectivity index (χ3n) is 2.24. The maximum atomic E-state index is 4.46. The fraction of sp³-hybridized carbons (Fsp3) is 0.727. The average Bonchev–Trinajstić information content (AvgIpc) is 2.30. The van der Waals surface area contributed by atoms with Crippen LogP contribution in [0, 0.1) is 11.3 Å². The van der Waals surface area contributed by atoms with Crippen molar-refractivity contribution in [1.82, 2.24) is 0 Å². The van der Waals surface area contributed by atoms with Gasteiger partial charge in [0.25, 0.3) is 0 Å². The van der Waals surface area contributed by atoms with Gasteiger partial charge in [-0.1, -0.05) is 34.6 Å². The van der Waals surface area contributed by atoms with Gasteiger partial charge in [-0.3, -0.25) is 4.99 Å².